The van der Waals surface area contributed by atoms with Crippen molar-refractivity contribution >= 4 is 27.3 Å². The maximum absolute atomic E-state index is 12.6. The van der Waals surface area contributed by atoms with Gasteiger partial charge in [-0.25, -0.2) is 8.42 Å². The minimum atomic E-state index is -4.95. The summed E-state index contributed by atoms with van der Waals surface area (Å²) in [5, 5.41) is 3.68. The zero-order chi connectivity index (χ0) is 20.2. The SMILES string of the molecule is CCN(Cc1cccc(NC(=O)CC2C=CS(=O)(=O)C2)c1)C(=O)C(F)(F)F. The van der Waals surface area contributed by atoms with E-state index in [4.69, 9.17) is 0 Å². The first-order valence-corrected chi connectivity index (χ1v) is 9.87. The number of allylic oxidation sites excluding steroid dienone is 1. The van der Waals surface area contributed by atoms with Crippen LogP contribution in [0.2, 0.25) is 0 Å². The number of benzene rings is 1. The van der Waals surface area contributed by atoms with Gasteiger partial charge in [-0.05, 0) is 24.6 Å². The number of carbonyl (C=O) groups is 2. The minimum Gasteiger partial charge on any atom is -0.331 e. The van der Waals surface area contributed by atoms with E-state index < -0.39 is 33.7 Å². The lowest BCUT2D eigenvalue weighted by Gasteiger charge is -2.22. The second kappa shape index (κ2) is 8.12. The van der Waals surface area contributed by atoms with Gasteiger partial charge in [0.2, 0.25) is 5.91 Å². The second-order valence-corrected chi connectivity index (χ2v) is 8.12. The van der Waals surface area contributed by atoms with Crippen LogP contribution in [0.25, 0.3) is 0 Å². The van der Waals surface area contributed by atoms with E-state index in [-0.39, 0.29) is 25.3 Å². The highest BCUT2D eigenvalue weighted by Gasteiger charge is 2.41. The normalized spacial score (nSPS) is 18.3. The Balaban J connectivity index is 1.99. The lowest BCUT2D eigenvalue weighted by Crippen LogP contribution is -2.40. The molecule has 0 spiro atoms. The molecule has 1 unspecified atom stereocenters. The summed E-state index contributed by atoms with van der Waals surface area (Å²) >= 11 is 0. The molecular formula is C17H19F3N2O4S. The van der Waals surface area contributed by atoms with Crippen molar-refractivity contribution in [1.82, 2.24) is 4.90 Å². The summed E-state index contributed by atoms with van der Waals surface area (Å²) in [5.74, 6) is -2.85. The summed E-state index contributed by atoms with van der Waals surface area (Å²) in [6, 6.07) is 6.14. The van der Waals surface area contributed by atoms with Crippen molar-refractivity contribution < 1.29 is 31.2 Å². The first-order chi connectivity index (χ1) is 12.5. The van der Waals surface area contributed by atoms with Gasteiger partial charge in [0.15, 0.2) is 9.84 Å². The van der Waals surface area contributed by atoms with E-state index in [1.807, 2.05) is 0 Å². The highest BCUT2D eigenvalue weighted by Crippen LogP contribution is 2.22. The van der Waals surface area contributed by atoms with Crippen LogP contribution in [0, 0.1) is 5.92 Å². The number of halogens is 3. The summed E-state index contributed by atoms with van der Waals surface area (Å²) in [6.45, 7) is 1.08. The quantitative estimate of drug-likeness (QED) is 0.790. The molecule has 0 saturated carbocycles. The fourth-order valence-electron chi connectivity index (χ4n) is 2.69. The minimum absolute atomic E-state index is 0.0202. The van der Waals surface area contributed by atoms with Gasteiger partial charge in [-0.2, -0.15) is 13.2 Å². The number of alkyl halides is 3. The van der Waals surface area contributed by atoms with Crippen LogP contribution < -0.4 is 5.32 Å². The molecule has 1 aliphatic rings. The Bertz CT molecular complexity index is 850. The van der Waals surface area contributed by atoms with Crippen LogP contribution in [0.5, 0.6) is 0 Å². The molecule has 148 valence electrons. The number of amides is 2. The topological polar surface area (TPSA) is 83.6 Å². The van der Waals surface area contributed by atoms with Crippen LogP contribution in [-0.2, 0) is 26.0 Å². The molecule has 2 rings (SSSR count). The van der Waals surface area contributed by atoms with Crippen molar-refractivity contribution in [3.8, 4) is 0 Å². The zero-order valence-electron chi connectivity index (χ0n) is 14.5. The van der Waals surface area contributed by atoms with E-state index in [0.29, 0.717) is 16.2 Å². The predicted molar refractivity (Wildman–Crippen MR) is 93.3 cm³/mol. The number of hydrogen-bond donors (Lipinski definition) is 1. The first kappa shape index (κ1) is 20.9. The molecule has 0 fully saturated rings. The average Bonchev–Trinajstić information content (AvgIpc) is 2.89. The molecule has 0 radical (unpaired) electrons. The van der Waals surface area contributed by atoms with Crippen LogP contribution >= 0.6 is 0 Å². The Morgan fingerprint density at radius 1 is 1.30 bits per heavy atom. The fraction of sp³-hybridized carbons (Fsp3) is 0.412. The molecular weight excluding hydrogens is 385 g/mol. The van der Waals surface area contributed by atoms with Gasteiger partial charge >= 0.3 is 12.1 Å². The monoisotopic (exact) mass is 404 g/mol. The third-order valence-corrected chi connectivity index (χ3v) is 5.41. The maximum Gasteiger partial charge on any atom is 0.471 e. The summed E-state index contributed by atoms with van der Waals surface area (Å²) in [6.07, 6.45) is -3.50. The predicted octanol–water partition coefficient (Wildman–Crippen LogP) is 2.48. The maximum atomic E-state index is 12.6. The molecule has 1 aromatic carbocycles. The van der Waals surface area contributed by atoms with Crippen molar-refractivity contribution in [1.29, 1.82) is 0 Å². The number of anilines is 1. The van der Waals surface area contributed by atoms with Crippen LogP contribution in [0.4, 0.5) is 18.9 Å². The molecule has 0 bridgehead atoms. The molecule has 1 aliphatic heterocycles. The number of carbonyl (C=O) groups excluding carboxylic acids is 2. The molecule has 27 heavy (non-hydrogen) atoms. The average molecular weight is 404 g/mol. The van der Waals surface area contributed by atoms with Crippen LogP contribution in [0.1, 0.15) is 18.9 Å². The van der Waals surface area contributed by atoms with E-state index in [1.54, 1.807) is 18.2 Å². The molecule has 6 nitrogen and oxygen atoms in total. The van der Waals surface area contributed by atoms with Crippen molar-refractivity contribution in [2.75, 3.05) is 17.6 Å². The van der Waals surface area contributed by atoms with Crippen molar-refractivity contribution in [3.63, 3.8) is 0 Å². The van der Waals surface area contributed by atoms with Gasteiger partial charge in [-0.3, -0.25) is 9.59 Å². The molecule has 0 aromatic heterocycles. The van der Waals surface area contributed by atoms with Gasteiger partial charge in [-0.1, -0.05) is 18.2 Å². The fourth-order valence-corrected chi connectivity index (χ4v) is 4.09. The standard InChI is InChI=1S/C17H19F3N2O4S/c1-2-22(16(24)17(18,19)20)10-12-4-3-5-14(8-12)21-15(23)9-13-6-7-27(25,26)11-13/h3-8,13H,2,9-11H2,1H3,(H,21,23). The lowest BCUT2D eigenvalue weighted by molar-refractivity contribution is -0.185. The van der Waals surface area contributed by atoms with Gasteiger partial charge in [0.05, 0.1) is 5.75 Å². The van der Waals surface area contributed by atoms with Crippen molar-refractivity contribution in [3.05, 3.63) is 41.3 Å². The number of rotatable bonds is 6. The van der Waals surface area contributed by atoms with Gasteiger partial charge in [-0.15, -0.1) is 0 Å². The highest BCUT2D eigenvalue weighted by atomic mass is 32.2. The molecule has 10 heteroatoms. The van der Waals surface area contributed by atoms with Crippen molar-refractivity contribution in [2.45, 2.75) is 26.1 Å². The van der Waals surface area contributed by atoms with Crippen LogP contribution in [-0.4, -0.2) is 43.6 Å². The first-order valence-electron chi connectivity index (χ1n) is 8.16. The highest BCUT2D eigenvalue weighted by molar-refractivity contribution is 7.94. The third kappa shape index (κ3) is 6.09. The van der Waals surface area contributed by atoms with E-state index in [9.17, 15) is 31.2 Å². The molecule has 1 N–H and O–H groups in total. The molecule has 1 heterocycles. The van der Waals surface area contributed by atoms with E-state index in [0.717, 1.165) is 5.41 Å². The number of hydrogen-bond acceptors (Lipinski definition) is 4. The summed E-state index contributed by atoms with van der Waals surface area (Å²) < 4.78 is 60.5. The summed E-state index contributed by atoms with van der Waals surface area (Å²) in [4.78, 5) is 24.1. The Morgan fingerprint density at radius 3 is 2.56 bits per heavy atom. The molecule has 1 atom stereocenters. The van der Waals surface area contributed by atoms with Gasteiger partial charge in [0, 0.05) is 36.5 Å². The largest absolute Gasteiger partial charge is 0.471 e. The number of nitrogens with one attached hydrogen (secondary N) is 1. The van der Waals surface area contributed by atoms with E-state index in [1.165, 1.54) is 19.1 Å². The van der Waals surface area contributed by atoms with E-state index in [2.05, 4.69) is 5.32 Å². The number of sulfone groups is 1. The second-order valence-electron chi connectivity index (χ2n) is 6.19. The van der Waals surface area contributed by atoms with Gasteiger partial charge < -0.3 is 10.2 Å². The van der Waals surface area contributed by atoms with Crippen LogP contribution in [0.3, 0.4) is 0 Å². The molecule has 0 saturated heterocycles. The lowest BCUT2D eigenvalue weighted by atomic mass is 10.1. The van der Waals surface area contributed by atoms with E-state index >= 15 is 0 Å². The Hall–Kier alpha value is -2.36. The smallest absolute Gasteiger partial charge is 0.331 e. The Labute approximate surface area is 155 Å². The Morgan fingerprint density at radius 2 is 2.00 bits per heavy atom. The van der Waals surface area contributed by atoms with Crippen LogP contribution in [0.15, 0.2) is 35.7 Å². The van der Waals surface area contributed by atoms with Gasteiger partial charge in [0.25, 0.3) is 0 Å². The number of nitrogens with zero attached hydrogens (tertiary/aromatic N) is 1. The summed E-state index contributed by atoms with van der Waals surface area (Å²) in [7, 11) is -3.25. The van der Waals surface area contributed by atoms with Crippen molar-refractivity contribution in [2.24, 2.45) is 5.92 Å². The van der Waals surface area contributed by atoms with Gasteiger partial charge in [0.1, 0.15) is 0 Å². The molecule has 1 aromatic rings. The Kier molecular flexibility index (Phi) is 6.30. The zero-order valence-corrected chi connectivity index (χ0v) is 15.3. The molecule has 0 aliphatic carbocycles. The summed E-state index contributed by atoms with van der Waals surface area (Å²) in [5.41, 5.74) is 0.786. The molecule has 2 amide bonds. The third-order valence-electron chi connectivity index (χ3n) is 3.95.